The van der Waals surface area contributed by atoms with Crippen LogP contribution in [0.3, 0.4) is 0 Å². The van der Waals surface area contributed by atoms with Crippen molar-refractivity contribution in [2.75, 3.05) is 19.6 Å². The Morgan fingerprint density at radius 3 is 2.88 bits per heavy atom. The van der Waals surface area contributed by atoms with E-state index in [-0.39, 0.29) is 5.41 Å². The molecule has 2 rings (SSSR count). The van der Waals surface area contributed by atoms with Gasteiger partial charge in [-0.1, -0.05) is 20.8 Å². The lowest BCUT2D eigenvalue weighted by Crippen LogP contribution is -2.49. The van der Waals surface area contributed by atoms with E-state index in [1.165, 1.54) is 10.7 Å². The summed E-state index contributed by atoms with van der Waals surface area (Å²) in [5.74, 6) is 0. The molecule has 0 spiro atoms. The smallest absolute Gasteiger partial charge is 0.0982 e. The van der Waals surface area contributed by atoms with Gasteiger partial charge in [0.15, 0.2) is 0 Å². The molecule has 0 radical (unpaired) electrons. The summed E-state index contributed by atoms with van der Waals surface area (Å²) in [4.78, 5) is 7.28. The normalized spacial score (nSPS) is 22.9. The average Bonchev–Trinajstić information content (AvgIpc) is 2.69. The van der Waals surface area contributed by atoms with Crippen LogP contribution in [-0.4, -0.2) is 35.6 Å². The van der Waals surface area contributed by atoms with E-state index in [4.69, 9.17) is 4.98 Å². The van der Waals surface area contributed by atoms with Crippen LogP contribution in [-0.2, 0) is 12.0 Å². The van der Waals surface area contributed by atoms with E-state index in [9.17, 15) is 0 Å². The zero-order chi connectivity index (χ0) is 12.5. The second-order valence-corrected chi connectivity index (χ2v) is 6.78. The summed E-state index contributed by atoms with van der Waals surface area (Å²) in [7, 11) is 0. The summed E-state index contributed by atoms with van der Waals surface area (Å²) in [6.45, 7) is 13.3. The van der Waals surface area contributed by atoms with Crippen LogP contribution in [0.5, 0.6) is 0 Å². The molecule has 0 aromatic carbocycles. The number of hydrogen-bond acceptors (Lipinski definition) is 4. The Morgan fingerprint density at radius 1 is 1.53 bits per heavy atom. The molecule has 1 fully saturated rings. The summed E-state index contributed by atoms with van der Waals surface area (Å²) < 4.78 is 0. The Labute approximate surface area is 108 Å². The van der Waals surface area contributed by atoms with Gasteiger partial charge < -0.3 is 5.32 Å². The molecule has 2 heterocycles. The molecule has 0 amide bonds. The largest absolute Gasteiger partial charge is 0.314 e. The van der Waals surface area contributed by atoms with E-state index in [2.05, 4.69) is 43.3 Å². The van der Waals surface area contributed by atoms with Crippen LogP contribution in [0.25, 0.3) is 0 Å². The van der Waals surface area contributed by atoms with Crippen molar-refractivity contribution in [3.8, 4) is 0 Å². The van der Waals surface area contributed by atoms with Gasteiger partial charge >= 0.3 is 0 Å². The first-order valence-electron chi connectivity index (χ1n) is 6.36. The SMILES string of the molecule is CC1CNCCN1Cc1csc(C(C)(C)C)n1. The number of aromatic nitrogens is 1. The van der Waals surface area contributed by atoms with Gasteiger partial charge in [0.05, 0.1) is 10.7 Å². The van der Waals surface area contributed by atoms with Crippen molar-refractivity contribution < 1.29 is 0 Å². The highest BCUT2D eigenvalue weighted by Gasteiger charge is 2.21. The number of hydrogen-bond donors (Lipinski definition) is 1. The molecule has 1 atom stereocenters. The first-order valence-corrected chi connectivity index (χ1v) is 7.24. The molecule has 1 saturated heterocycles. The van der Waals surface area contributed by atoms with Crippen LogP contribution in [0, 0.1) is 0 Å². The standard InChI is InChI=1S/C13H23N3S/c1-10-7-14-5-6-16(10)8-11-9-17-12(15-11)13(2,3)4/h9-10,14H,5-8H2,1-4H3. The number of nitrogens with one attached hydrogen (secondary N) is 1. The van der Waals surface area contributed by atoms with Gasteiger partial charge in [-0.25, -0.2) is 4.98 Å². The zero-order valence-electron chi connectivity index (χ0n) is 11.3. The van der Waals surface area contributed by atoms with E-state index in [1.807, 2.05) is 0 Å². The fourth-order valence-electron chi connectivity index (χ4n) is 2.05. The molecule has 1 aliphatic rings. The fourth-order valence-corrected chi connectivity index (χ4v) is 2.95. The molecule has 96 valence electrons. The topological polar surface area (TPSA) is 28.2 Å². The molecule has 0 bridgehead atoms. The maximum atomic E-state index is 4.77. The van der Waals surface area contributed by atoms with Crippen molar-refractivity contribution in [2.24, 2.45) is 0 Å². The van der Waals surface area contributed by atoms with Crippen LogP contribution in [0.15, 0.2) is 5.38 Å². The third kappa shape index (κ3) is 3.27. The second-order valence-electron chi connectivity index (χ2n) is 5.92. The summed E-state index contributed by atoms with van der Waals surface area (Å²) in [6.07, 6.45) is 0. The van der Waals surface area contributed by atoms with E-state index in [1.54, 1.807) is 11.3 Å². The van der Waals surface area contributed by atoms with Gasteiger partial charge in [-0.05, 0) is 6.92 Å². The predicted molar refractivity (Wildman–Crippen MR) is 73.6 cm³/mol. The van der Waals surface area contributed by atoms with Crippen LogP contribution in [0.2, 0.25) is 0 Å². The van der Waals surface area contributed by atoms with Crippen molar-refractivity contribution in [3.63, 3.8) is 0 Å². The Bertz CT molecular complexity index is 367. The fraction of sp³-hybridized carbons (Fsp3) is 0.769. The third-order valence-electron chi connectivity index (χ3n) is 3.20. The van der Waals surface area contributed by atoms with Crippen molar-refractivity contribution in [2.45, 2.75) is 45.7 Å². The van der Waals surface area contributed by atoms with Gasteiger partial charge in [0, 0.05) is 43.0 Å². The zero-order valence-corrected chi connectivity index (χ0v) is 12.1. The van der Waals surface area contributed by atoms with Gasteiger partial charge in [-0.3, -0.25) is 4.90 Å². The summed E-state index contributed by atoms with van der Waals surface area (Å²) >= 11 is 1.79. The van der Waals surface area contributed by atoms with Crippen LogP contribution >= 0.6 is 11.3 Å². The average molecular weight is 253 g/mol. The Hall–Kier alpha value is -0.450. The van der Waals surface area contributed by atoms with Crippen molar-refractivity contribution in [1.29, 1.82) is 0 Å². The van der Waals surface area contributed by atoms with Gasteiger partial charge in [-0.2, -0.15) is 0 Å². The van der Waals surface area contributed by atoms with E-state index >= 15 is 0 Å². The van der Waals surface area contributed by atoms with Crippen molar-refractivity contribution in [1.82, 2.24) is 15.2 Å². The molecule has 3 nitrogen and oxygen atoms in total. The minimum absolute atomic E-state index is 0.179. The number of thiazole rings is 1. The predicted octanol–water partition coefficient (Wildman–Crippen LogP) is 2.23. The van der Waals surface area contributed by atoms with Gasteiger partial charge in [0.2, 0.25) is 0 Å². The minimum atomic E-state index is 0.179. The molecule has 1 unspecified atom stereocenters. The number of rotatable bonds is 2. The summed E-state index contributed by atoms with van der Waals surface area (Å²) in [5.41, 5.74) is 1.41. The lowest BCUT2D eigenvalue weighted by Gasteiger charge is -2.33. The molecule has 17 heavy (non-hydrogen) atoms. The summed E-state index contributed by atoms with van der Waals surface area (Å²) in [5, 5.41) is 6.88. The van der Waals surface area contributed by atoms with E-state index in [0.717, 1.165) is 26.2 Å². The summed E-state index contributed by atoms with van der Waals surface area (Å²) in [6, 6.07) is 0.614. The second kappa shape index (κ2) is 5.04. The Morgan fingerprint density at radius 2 is 2.29 bits per heavy atom. The lowest BCUT2D eigenvalue weighted by atomic mass is 9.98. The monoisotopic (exact) mass is 253 g/mol. The van der Waals surface area contributed by atoms with Gasteiger partial charge in [-0.15, -0.1) is 11.3 Å². The first-order chi connectivity index (χ1) is 7.97. The highest BCUT2D eigenvalue weighted by atomic mass is 32.1. The van der Waals surface area contributed by atoms with Crippen LogP contribution in [0.4, 0.5) is 0 Å². The van der Waals surface area contributed by atoms with Crippen molar-refractivity contribution in [3.05, 3.63) is 16.1 Å². The highest BCUT2D eigenvalue weighted by Crippen LogP contribution is 2.26. The lowest BCUT2D eigenvalue weighted by molar-refractivity contribution is 0.164. The Kier molecular flexibility index (Phi) is 3.85. The van der Waals surface area contributed by atoms with Crippen LogP contribution < -0.4 is 5.32 Å². The number of piperazine rings is 1. The molecule has 1 aromatic rings. The molecule has 1 N–H and O–H groups in total. The molecule has 1 aliphatic heterocycles. The quantitative estimate of drug-likeness (QED) is 0.876. The van der Waals surface area contributed by atoms with Gasteiger partial charge in [0.1, 0.15) is 0 Å². The molecule has 0 aliphatic carbocycles. The first kappa shape index (κ1) is 13.0. The molecule has 1 aromatic heterocycles. The third-order valence-corrected chi connectivity index (χ3v) is 4.51. The molecule has 0 saturated carbocycles. The van der Waals surface area contributed by atoms with Crippen LogP contribution in [0.1, 0.15) is 38.4 Å². The van der Waals surface area contributed by atoms with Gasteiger partial charge in [0.25, 0.3) is 0 Å². The van der Waals surface area contributed by atoms with Crippen molar-refractivity contribution >= 4 is 11.3 Å². The maximum absolute atomic E-state index is 4.77. The molecular weight excluding hydrogens is 230 g/mol. The van der Waals surface area contributed by atoms with E-state index in [0.29, 0.717) is 6.04 Å². The molecular formula is C13H23N3S. The minimum Gasteiger partial charge on any atom is -0.314 e. The Balaban J connectivity index is 2.01. The highest BCUT2D eigenvalue weighted by molar-refractivity contribution is 7.09. The molecule has 4 heteroatoms. The maximum Gasteiger partial charge on any atom is 0.0982 e. The van der Waals surface area contributed by atoms with E-state index < -0.39 is 0 Å². The number of nitrogens with zero attached hydrogens (tertiary/aromatic N) is 2.